The van der Waals surface area contributed by atoms with Crippen molar-refractivity contribution >= 4 is 17.7 Å². The molecule has 1 aliphatic carbocycles. The van der Waals surface area contributed by atoms with Gasteiger partial charge in [-0.2, -0.15) is 0 Å². The zero-order valence-corrected chi connectivity index (χ0v) is 25.2. The Morgan fingerprint density at radius 3 is 2.23 bits per heavy atom. The molecule has 1 saturated carbocycles. The minimum atomic E-state index is -0.755. The first-order chi connectivity index (χ1) is 19.2. The van der Waals surface area contributed by atoms with E-state index in [-0.39, 0.29) is 5.91 Å². The molecular formula is C33H49N3O4. The molecule has 3 rings (SSSR count). The molecule has 7 nitrogen and oxygen atoms in total. The Morgan fingerprint density at radius 1 is 0.975 bits per heavy atom. The molecule has 0 aliphatic heterocycles. The van der Waals surface area contributed by atoms with Crippen LogP contribution in [0.1, 0.15) is 72.3 Å². The van der Waals surface area contributed by atoms with Crippen LogP contribution in [0.3, 0.4) is 0 Å². The molecule has 0 bridgehead atoms. The van der Waals surface area contributed by atoms with Crippen molar-refractivity contribution in [1.29, 1.82) is 0 Å². The van der Waals surface area contributed by atoms with Gasteiger partial charge in [-0.3, -0.25) is 4.79 Å². The fraction of sp³-hybridized carbons (Fsp3) is 0.576. The Kier molecular flexibility index (Phi) is 12.3. The number of amides is 2. The van der Waals surface area contributed by atoms with E-state index in [1.54, 1.807) is 0 Å². The topological polar surface area (TPSA) is 71.1 Å². The number of nitrogens with zero attached hydrogens (tertiary/aromatic N) is 2. The van der Waals surface area contributed by atoms with Crippen molar-refractivity contribution in [3.63, 3.8) is 0 Å². The van der Waals surface area contributed by atoms with E-state index in [2.05, 4.69) is 24.1 Å². The molecule has 0 unspecified atom stereocenters. The maximum Gasteiger partial charge on any atom is 0.408 e. The van der Waals surface area contributed by atoms with Crippen LogP contribution in [0.4, 0.5) is 10.5 Å². The maximum atomic E-state index is 14.2. The minimum absolute atomic E-state index is 0.130. The minimum Gasteiger partial charge on any atom is -0.494 e. The van der Waals surface area contributed by atoms with E-state index >= 15 is 0 Å². The second-order valence-electron chi connectivity index (χ2n) is 11.7. The van der Waals surface area contributed by atoms with Gasteiger partial charge >= 0.3 is 6.09 Å². The number of hydrogen-bond donors (Lipinski definition) is 1. The van der Waals surface area contributed by atoms with Crippen LogP contribution in [0.15, 0.2) is 54.6 Å². The van der Waals surface area contributed by atoms with E-state index < -0.39 is 17.7 Å². The zero-order chi connectivity index (χ0) is 29.0. The van der Waals surface area contributed by atoms with Crippen molar-refractivity contribution in [3.8, 4) is 5.75 Å². The van der Waals surface area contributed by atoms with Crippen molar-refractivity contribution in [2.75, 3.05) is 37.7 Å². The predicted octanol–water partition coefficient (Wildman–Crippen LogP) is 6.46. The number of nitrogens with one attached hydrogen (secondary N) is 1. The third-order valence-electron chi connectivity index (χ3n) is 7.38. The molecule has 2 amide bonds. The van der Waals surface area contributed by atoms with Gasteiger partial charge < -0.3 is 24.6 Å². The lowest BCUT2D eigenvalue weighted by atomic mass is 10.0. The number of carbonyl (C=O) groups excluding carboxylic acids is 2. The molecule has 7 heteroatoms. The van der Waals surface area contributed by atoms with Gasteiger partial charge in [-0.15, -0.1) is 0 Å². The van der Waals surface area contributed by atoms with Crippen LogP contribution in [0.2, 0.25) is 0 Å². The molecule has 0 radical (unpaired) electrons. The van der Waals surface area contributed by atoms with Crippen molar-refractivity contribution in [1.82, 2.24) is 10.2 Å². The van der Waals surface area contributed by atoms with E-state index in [9.17, 15) is 9.59 Å². The fourth-order valence-electron chi connectivity index (χ4n) is 5.20. The van der Waals surface area contributed by atoms with Crippen LogP contribution in [0, 0.1) is 5.92 Å². The highest BCUT2D eigenvalue weighted by molar-refractivity contribution is 5.99. The first-order valence-corrected chi connectivity index (χ1v) is 15.0. The standard InChI is InChI=1S/C33H49N3O4/c1-6-35(7-2)22-13-23-39-29-20-18-28(19-21-29)36(25-27-16-11-12-17-27)31(37)30(24-26-14-9-8-10-15-26)34-32(38)40-33(3,4)5/h8-10,14-15,18-21,27,30H,6-7,11-13,16-17,22-25H2,1-5H3,(H,34,38)/t30-/m1/s1. The third kappa shape index (κ3) is 10.5. The predicted molar refractivity (Wildman–Crippen MR) is 162 cm³/mol. The summed E-state index contributed by atoms with van der Waals surface area (Å²) in [6, 6.07) is 16.8. The number of anilines is 1. The number of rotatable bonds is 14. The highest BCUT2D eigenvalue weighted by Gasteiger charge is 2.31. The molecule has 1 atom stereocenters. The van der Waals surface area contributed by atoms with E-state index in [1.165, 1.54) is 12.8 Å². The summed E-state index contributed by atoms with van der Waals surface area (Å²) in [5.74, 6) is 1.11. The smallest absolute Gasteiger partial charge is 0.408 e. The van der Waals surface area contributed by atoms with Crippen LogP contribution in [0.5, 0.6) is 5.75 Å². The quantitative estimate of drug-likeness (QED) is 0.273. The lowest BCUT2D eigenvalue weighted by Crippen LogP contribution is -2.52. The monoisotopic (exact) mass is 551 g/mol. The molecule has 2 aromatic carbocycles. The summed E-state index contributed by atoms with van der Waals surface area (Å²) in [6.07, 6.45) is 5.37. The van der Waals surface area contributed by atoms with Gasteiger partial charge in [0.25, 0.3) is 0 Å². The van der Waals surface area contributed by atoms with E-state index in [1.807, 2.05) is 80.3 Å². The first-order valence-electron chi connectivity index (χ1n) is 15.0. The van der Waals surface area contributed by atoms with Crippen LogP contribution in [-0.4, -0.2) is 61.3 Å². The molecular weight excluding hydrogens is 502 g/mol. The number of alkyl carbamates (subject to hydrolysis) is 1. The number of carbonyl (C=O) groups is 2. The molecule has 0 spiro atoms. The SMILES string of the molecule is CCN(CC)CCCOc1ccc(N(CC2CCCC2)C(=O)[C@@H](Cc2ccccc2)NC(=O)OC(C)(C)C)cc1. The summed E-state index contributed by atoms with van der Waals surface area (Å²) in [7, 11) is 0. The van der Waals surface area contributed by atoms with Gasteiger partial charge in [-0.1, -0.05) is 57.0 Å². The molecule has 40 heavy (non-hydrogen) atoms. The van der Waals surface area contributed by atoms with E-state index in [4.69, 9.17) is 9.47 Å². The van der Waals surface area contributed by atoms with Crippen LogP contribution in [-0.2, 0) is 16.0 Å². The summed E-state index contributed by atoms with van der Waals surface area (Å²) in [5.41, 5.74) is 1.14. The van der Waals surface area contributed by atoms with Gasteiger partial charge in [0.2, 0.25) is 5.91 Å². The highest BCUT2D eigenvalue weighted by Crippen LogP contribution is 2.29. The molecule has 2 aromatic rings. The Labute approximate surface area is 241 Å². The van der Waals surface area contributed by atoms with Crippen molar-refractivity contribution in [3.05, 3.63) is 60.2 Å². The summed E-state index contributed by atoms with van der Waals surface area (Å²) < 4.78 is 11.5. The van der Waals surface area contributed by atoms with Crippen molar-refractivity contribution in [2.24, 2.45) is 5.92 Å². The summed E-state index contributed by atoms with van der Waals surface area (Å²) in [5, 5.41) is 2.88. The van der Waals surface area contributed by atoms with Gasteiger partial charge in [0.15, 0.2) is 0 Å². The second kappa shape index (κ2) is 15.7. The van der Waals surface area contributed by atoms with Crippen molar-refractivity contribution in [2.45, 2.75) is 84.8 Å². The van der Waals surface area contributed by atoms with Gasteiger partial charge in [0, 0.05) is 25.2 Å². The molecule has 1 aliphatic rings. The second-order valence-corrected chi connectivity index (χ2v) is 11.7. The lowest BCUT2D eigenvalue weighted by molar-refractivity contribution is -0.120. The molecule has 1 fully saturated rings. The van der Waals surface area contributed by atoms with Crippen molar-refractivity contribution < 1.29 is 19.1 Å². The van der Waals surface area contributed by atoms with Crippen LogP contribution >= 0.6 is 0 Å². The van der Waals surface area contributed by atoms with Gasteiger partial charge in [-0.05, 0) is 88.9 Å². The average molecular weight is 552 g/mol. The molecule has 0 aromatic heterocycles. The fourth-order valence-corrected chi connectivity index (χ4v) is 5.20. The number of benzene rings is 2. The van der Waals surface area contributed by atoms with E-state index in [0.29, 0.717) is 25.5 Å². The van der Waals surface area contributed by atoms with Gasteiger partial charge in [0.1, 0.15) is 17.4 Å². The van der Waals surface area contributed by atoms with E-state index in [0.717, 1.165) is 55.9 Å². The third-order valence-corrected chi connectivity index (χ3v) is 7.38. The average Bonchev–Trinajstić information content (AvgIpc) is 3.44. The molecule has 0 heterocycles. The molecule has 220 valence electrons. The number of ether oxygens (including phenoxy) is 2. The molecule has 1 N–H and O–H groups in total. The Hall–Kier alpha value is -3.06. The first kappa shape index (κ1) is 31.5. The summed E-state index contributed by atoms with van der Waals surface area (Å²) >= 11 is 0. The largest absolute Gasteiger partial charge is 0.494 e. The molecule has 0 saturated heterocycles. The van der Waals surface area contributed by atoms with Gasteiger partial charge in [-0.25, -0.2) is 4.79 Å². The van der Waals surface area contributed by atoms with Gasteiger partial charge in [0.05, 0.1) is 6.61 Å². The summed E-state index contributed by atoms with van der Waals surface area (Å²) in [6.45, 7) is 14.2. The van der Waals surface area contributed by atoms with Crippen LogP contribution in [0.25, 0.3) is 0 Å². The Bertz CT molecular complexity index is 1030. The normalized spacial score (nSPS) is 14.7. The lowest BCUT2D eigenvalue weighted by Gasteiger charge is -2.31. The number of hydrogen-bond acceptors (Lipinski definition) is 5. The highest BCUT2D eigenvalue weighted by atomic mass is 16.6. The maximum absolute atomic E-state index is 14.2. The Balaban J connectivity index is 1.77. The Morgan fingerprint density at radius 2 is 1.62 bits per heavy atom. The zero-order valence-electron chi connectivity index (χ0n) is 25.2. The summed E-state index contributed by atoms with van der Waals surface area (Å²) in [4.78, 5) is 31.2. The van der Waals surface area contributed by atoms with Crippen LogP contribution < -0.4 is 15.0 Å².